The van der Waals surface area contributed by atoms with Gasteiger partial charge in [0.05, 0.1) is 6.26 Å². The number of sulfonamides is 1. The molecule has 1 aliphatic heterocycles. The van der Waals surface area contributed by atoms with E-state index >= 15 is 0 Å². The fourth-order valence-electron chi connectivity index (χ4n) is 2.18. The van der Waals surface area contributed by atoms with Crippen LogP contribution in [0.1, 0.15) is 37.8 Å². The summed E-state index contributed by atoms with van der Waals surface area (Å²) >= 11 is 0. The van der Waals surface area contributed by atoms with Crippen LogP contribution in [-0.4, -0.2) is 32.1 Å². The quantitative estimate of drug-likeness (QED) is 0.825. The first-order chi connectivity index (χ1) is 8.18. The SMILES string of the molecule is CC(C)(C)c1ccc(C2CN(S(C)(=O)=O)C2)cc1. The molecule has 3 nitrogen and oxygen atoms in total. The van der Waals surface area contributed by atoms with Crippen LogP contribution < -0.4 is 0 Å². The highest BCUT2D eigenvalue weighted by atomic mass is 32.2. The normalized spacial score (nSPS) is 18.7. The van der Waals surface area contributed by atoms with E-state index in [1.54, 1.807) is 0 Å². The van der Waals surface area contributed by atoms with E-state index in [-0.39, 0.29) is 5.41 Å². The van der Waals surface area contributed by atoms with Gasteiger partial charge in [0.25, 0.3) is 0 Å². The Labute approximate surface area is 110 Å². The van der Waals surface area contributed by atoms with Crippen LogP contribution in [0.25, 0.3) is 0 Å². The minimum Gasteiger partial charge on any atom is -0.213 e. The maximum Gasteiger partial charge on any atom is 0.211 e. The third-order valence-electron chi connectivity index (χ3n) is 3.57. The van der Waals surface area contributed by atoms with Crippen LogP contribution in [0, 0.1) is 0 Å². The highest BCUT2D eigenvalue weighted by Gasteiger charge is 2.33. The van der Waals surface area contributed by atoms with Gasteiger partial charge in [0, 0.05) is 19.0 Å². The summed E-state index contributed by atoms with van der Waals surface area (Å²) in [4.78, 5) is 0. The Morgan fingerprint density at radius 2 is 1.61 bits per heavy atom. The molecule has 0 amide bonds. The van der Waals surface area contributed by atoms with Crippen molar-refractivity contribution in [2.24, 2.45) is 0 Å². The Balaban J connectivity index is 2.06. The standard InChI is InChI=1S/C14H21NO2S/c1-14(2,3)13-7-5-11(6-8-13)12-9-15(10-12)18(4,16)17/h5-8,12H,9-10H2,1-4H3. The summed E-state index contributed by atoms with van der Waals surface area (Å²) in [7, 11) is -3.01. The lowest BCUT2D eigenvalue weighted by atomic mass is 9.85. The van der Waals surface area contributed by atoms with E-state index in [1.807, 2.05) is 0 Å². The lowest BCUT2D eigenvalue weighted by Gasteiger charge is -2.37. The summed E-state index contributed by atoms with van der Waals surface area (Å²) in [5.74, 6) is 0.355. The van der Waals surface area contributed by atoms with E-state index in [4.69, 9.17) is 0 Å². The van der Waals surface area contributed by atoms with Gasteiger partial charge in [-0.05, 0) is 16.5 Å². The summed E-state index contributed by atoms with van der Waals surface area (Å²) in [5.41, 5.74) is 2.71. The molecular formula is C14H21NO2S. The van der Waals surface area contributed by atoms with Crippen LogP contribution in [0.3, 0.4) is 0 Å². The average Bonchev–Trinajstić information content (AvgIpc) is 2.12. The molecule has 100 valence electrons. The number of nitrogens with zero attached hydrogens (tertiary/aromatic N) is 1. The molecular weight excluding hydrogens is 246 g/mol. The molecule has 0 bridgehead atoms. The second kappa shape index (κ2) is 4.35. The summed E-state index contributed by atoms with van der Waals surface area (Å²) in [6, 6.07) is 8.56. The first kappa shape index (κ1) is 13.6. The van der Waals surface area contributed by atoms with Gasteiger partial charge in [-0.15, -0.1) is 0 Å². The molecule has 1 heterocycles. The van der Waals surface area contributed by atoms with Crippen molar-refractivity contribution in [2.45, 2.75) is 32.1 Å². The van der Waals surface area contributed by atoms with Crippen LogP contribution in [0.4, 0.5) is 0 Å². The zero-order chi connectivity index (χ0) is 13.6. The fourth-order valence-corrected chi connectivity index (χ4v) is 3.08. The van der Waals surface area contributed by atoms with Gasteiger partial charge >= 0.3 is 0 Å². The predicted octanol–water partition coefficient (Wildman–Crippen LogP) is 2.34. The van der Waals surface area contributed by atoms with Gasteiger partial charge in [0.2, 0.25) is 10.0 Å². The van der Waals surface area contributed by atoms with Crippen LogP contribution in [0.15, 0.2) is 24.3 Å². The molecule has 1 aromatic rings. The van der Waals surface area contributed by atoms with Gasteiger partial charge in [-0.3, -0.25) is 0 Å². The molecule has 1 fully saturated rings. The van der Waals surface area contributed by atoms with Crippen LogP contribution in [0.2, 0.25) is 0 Å². The van der Waals surface area contributed by atoms with Crippen molar-refractivity contribution in [3.05, 3.63) is 35.4 Å². The molecule has 0 saturated carbocycles. The first-order valence-electron chi connectivity index (χ1n) is 6.23. The van der Waals surface area contributed by atoms with E-state index in [1.165, 1.54) is 21.7 Å². The Morgan fingerprint density at radius 3 is 2.00 bits per heavy atom. The Hall–Kier alpha value is -0.870. The number of hydrogen-bond donors (Lipinski definition) is 0. The Bertz CT molecular complexity index is 520. The van der Waals surface area contributed by atoms with Crippen molar-refractivity contribution in [2.75, 3.05) is 19.3 Å². The minimum absolute atomic E-state index is 0.164. The van der Waals surface area contributed by atoms with E-state index < -0.39 is 10.0 Å². The minimum atomic E-state index is -3.01. The number of benzene rings is 1. The Kier molecular flexibility index (Phi) is 3.28. The Morgan fingerprint density at radius 1 is 1.11 bits per heavy atom. The van der Waals surface area contributed by atoms with Crippen molar-refractivity contribution in [3.8, 4) is 0 Å². The van der Waals surface area contributed by atoms with E-state index in [9.17, 15) is 8.42 Å². The van der Waals surface area contributed by atoms with Gasteiger partial charge in [0.15, 0.2) is 0 Å². The average molecular weight is 267 g/mol. The molecule has 2 rings (SSSR count). The molecule has 0 spiro atoms. The highest BCUT2D eigenvalue weighted by molar-refractivity contribution is 7.88. The van der Waals surface area contributed by atoms with Gasteiger partial charge < -0.3 is 0 Å². The molecule has 0 unspecified atom stereocenters. The van der Waals surface area contributed by atoms with Gasteiger partial charge in [-0.2, -0.15) is 0 Å². The smallest absolute Gasteiger partial charge is 0.211 e. The summed E-state index contributed by atoms with van der Waals surface area (Å²) in [6.45, 7) is 7.81. The van der Waals surface area contributed by atoms with Crippen molar-refractivity contribution >= 4 is 10.0 Å². The molecule has 18 heavy (non-hydrogen) atoms. The third-order valence-corrected chi connectivity index (χ3v) is 4.80. The summed E-state index contributed by atoms with van der Waals surface area (Å²) in [6.07, 6.45) is 1.27. The second-order valence-corrected chi connectivity index (χ2v) is 8.13. The first-order valence-corrected chi connectivity index (χ1v) is 8.08. The number of rotatable bonds is 2. The van der Waals surface area contributed by atoms with Gasteiger partial charge in [-0.25, -0.2) is 12.7 Å². The van der Waals surface area contributed by atoms with E-state index in [0.717, 1.165) is 0 Å². The van der Waals surface area contributed by atoms with Gasteiger partial charge in [0.1, 0.15) is 0 Å². The maximum absolute atomic E-state index is 11.3. The molecule has 0 aliphatic carbocycles. The molecule has 1 saturated heterocycles. The largest absolute Gasteiger partial charge is 0.213 e. The summed E-state index contributed by atoms with van der Waals surface area (Å²) < 4.78 is 24.1. The van der Waals surface area contributed by atoms with Crippen LogP contribution in [0.5, 0.6) is 0 Å². The molecule has 4 heteroatoms. The van der Waals surface area contributed by atoms with E-state index in [0.29, 0.717) is 19.0 Å². The third kappa shape index (κ3) is 2.75. The highest BCUT2D eigenvalue weighted by Crippen LogP contribution is 2.30. The van der Waals surface area contributed by atoms with Crippen LogP contribution in [-0.2, 0) is 15.4 Å². The monoisotopic (exact) mass is 267 g/mol. The summed E-state index contributed by atoms with van der Waals surface area (Å²) in [5, 5.41) is 0. The van der Waals surface area contributed by atoms with Crippen LogP contribution >= 0.6 is 0 Å². The zero-order valence-electron chi connectivity index (χ0n) is 11.5. The molecule has 0 atom stereocenters. The maximum atomic E-state index is 11.3. The molecule has 1 aliphatic rings. The second-order valence-electron chi connectivity index (χ2n) is 6.15. The van der Waals surface area contributed by atoms with Crippen molar-refractivity contribution < 1.29 is 8.42 Å². The lowest BCUT2D eigenvalue weighted by Crippen LogP contribution is -2.47. The molecule has 0 aromatic heterocycles. The van der Waals surface area contributed by atoms with Crippen molar-refractivity contribution in [3.63, 3.8) is 0 Å². The fraction of sp³-hybridized carbons (Fsp3) is 0.571. The number of hydrogen-bond acceptors (Lipinski definition) is 2. The molecule has 1 aromatic carbocycles. The van der Waals surface area contributed by atoms with Crippen molar-refractivity contribution in [1.82, 2.24) is 4.31 Å². The zero-order valence-corrected chi connectivity index (χ0v) is 12.3. The van der Waals surface area contributed by atoms with E-state index in [2.05, 4.69) is 45.0 Å². The molecule has 0 radical (unpaired) electrons. The topological polar surface area (TPSA) is 37.4 Å². The predicted molar refractivity (Wildman–Crippen MR) is 74.3 cm³/mol. The molecule has 0 N–H and O–H groups in total. The lowest BCUT2D eigenvalue weighted by molar-refractivity contribution is 0.266. The van der Waals surface area contributed by atoms with Gasteiger partial charge in [-0.1, -0.05) is 45.0 Å². The van der Waals surface area contributed by atoms with Crippen molar-refractivity contribution in [1.29, 1.82) is 0 Å².